The minimum atomic E-state index is -0.849. The molecule has 1 aromatic heterocycles. The highest BCUT2D eigenvalue weighted by Gasteiger charge is 2.38. The Morgan fingerprint density at radius 3 is 2.75 bits per heavy atom. The fourth-order valence-corrected chi connectivity index (χ4v) is 1.30. The van der Waals surface area contributed by atoms with E-state index in [1.165, 1.54) is 0 Å². The first-order valence-electron chi connectivity index (χ1n) is 4.04. The maximum atomic E-state index is 10.5. The fourth-order valence-electron chi connectivity index (χ4n) is 1.30. The number of carbonyl (C=O) groups is 1. The van der Waals surface area contributed by atoms with Crippen LogP contribution in [0.1, 0.15) is 30.1 Å². The molecule has 0 amide bonds. The molecule has 1 N–H and O–H groups in total. The summed E-state index contributed by atoms with van der Waals surface area (Å²) in [4.78, 5) is 10.5. The van der Waals surface area contributed by atoms with Gasteiger partial charge in [0.1, 0.15) is 0 Å². The topological polar surface area (TPSA) is 42.2 Å². The van der Waals surface area contributed by atoms with Crippen LogP contribution in [0.15, 0.2) is 18.5 Å². The van der Waals surface area contributed by atoms with E-state index in [-0.39, 0.29) is 5.54 Å². The van der Waals surface area contributed by atoms with E-state index < -0.39 is 5.97 Å². The molecule has 1 saturated carbocycles. The van der Waals surface area contributed by atoms with Crippen molar-refractivity contribution in [3.05, 3.63) is 24.0 Å². The van der Waals surface area contributed by atoms with Gasteiger partial charge in [-0.15, -0.1) is 0 Å². The SMILES string of the molecule is CC1(n2ccc(C(=O)O)c2)CC1. The number of hydrogen-bond donors (Lipinski definition) is 1. The van der Waals surface area contributed by atoms with Crippen LogP contribution in [0.3, 0.4) is 0 Å². The van der Waals surface area contributed by atoms with Crippen LogP contribution in [-0.4, -0.2) is 15.6 Å². The number of aromatic nitrogens is 1. The summed E-state index contributed by atoms with van der Waals surface area (Å²) >= 11 is 0. The number of carboxylic acids is 1. The Hall–Kier alpha value is -1.25. The van der Waals surface area contributed by atoms with Gasteiger partial charge in [0, 0.05) is 17.9 Å². The quantitative estimate of drug-likeness (QED) is 0.724. The third-order valence-corrected chi connectivity index (χ3v) is 2.54. The van der Waals surface area contributed by atoms with Crippen LogP contribution >= 0.6 is 0 Å². The van der Waals surface area contributed by atoms with Crippen molar-refractivity contribution in [2.45, 2.75) is 25.3 Å². The van der Waals surface area contributed by atoms with E-state index in [1.807, 2.05) is 10.8 Å². The molecule has 1 heterocycles. The highest BCUT2D eigenvalue weighted by atomic mass is 16.4. The second-order valence-electron chi connectivity index (χ2n) is 3.61. The van der Waals surface area contributed by atoms with E-state index in [0.717, 1.165) is 12.8 Å². The van der Waals surface area contributed by atoms with Gasteiger partial charge in [0.2, 0.25) is 0 Å². The summed E-state index contributed by atoms with van der Waals surface area (Å²) in [6.45, 7) is 2.14. The maximum Gasteiger partial charge on any atom is 0.337 e. The van der Waals surface area contributed by atoms with Crippen LogP contribution in [0.5, 0.6) is 0 Å². The van der Waals surface area contributed by atoms with Gasteiger partial charge in [0.15, 0.2) is 0 Å². The lowest BCUT2D eigenvalue weighted by molar-refractivity contribution is 0.0697. The van der Waals surface area contributed by atoms with Gasteiger partial charge in [-0.2, -0.15) is 0 Å². The Labute approximate surface area is 70.6 Å². The molecule has 0 radical (unpaired) electrons. The summed E-state index contributed by atoms with van der Waals surface area (Å²) in [6, 6.07) is 1.64. The fraction of sp³-hybridized carbons (Fsp3) is 0.444. The Morgan fingerprint density at radius 1 is 1.67 bits per heavy atom. The van der Waals surface area contributed by atoms with Gasteiger partial charge in [0.05, 0.1) is 5.56 Å². The monoisotopic (exact) mass is 165 g/mol. The second kappa shape index (κ2) is 2.12. The largest absolute Gasteiger partial charge is 0.478 e. The van der Waals surface area contributed by atoms with Crippen molar-refractivity contribution in [2.75, 3.05) is 0 Å². The predicted molar refractivity (Wildman–Crippen MR) is 44.3 cm³/mol. The molecule has 3 nitrogen and oxygen atoms in total. The zero-order valence-corrected chi connectivity index (χ0v) is 6.95. The van der Waals surface area contributed by atoms with Gasteiger partial charge in [-0.25, -0.2) is 4.79 Å². The molecule has 0 aromatic carbocycles. The molecule has 0 spiro atoms. The molecule has 0 saturated heterocycles. The first-order valence-corrected chi connectivity index (χ1v) is 4.04. The molecule has 0 bridgehead atoms. The van der Waals surface area contributed by atoms with Crippen molar-refractivity contribution in [3.63, 3.8) is 0 Å². The highest BCUT2D eigenvalue weighted by molar-refractivity contribution is 5.87. The number of nitrogens with zero attached hydrogens (tertiary/aromatic N) is 1. The van der Waals surface area contributed by atoms with Crippen molar-refractivity contribution in [2.24, 2.45) is 0 Å². The Bertz CT molecular complexity index is 323. The summed E-state index contributed by atoms with van der Waals surface area (Å²) in [7, 11) is 0. The molecular formula is C9H11NO2. The smallest absolute Gasteiger partial charge is 0.337 e. The van der Waals surface area contributed by atoms with Crippen LogP contribution in [0.2, 0.25) is 0 Å². The lowest BCUT2D eigenvalue weighted by Crippen LogP contribution is -2.09. The third kappa shape index (κ3) is 1.02. The van der Waals surface area contributed by atoms with Crippen LogP contribution in [0.4, 0.5) is 0 Å². The van der Waals surface area contributed by atoms with Crippen molar-refractivity contribution in [3.8, 4) is 0 Å². The first kappa shape index (κ1) is 7.40. The van der Waals surface area contributed by atoms with E-state index in [2.05, 4.69) is 6.92 Å². The first-order chi connectivity index (χ1) is 5.62. The van der Waals surface area contributed by atoms with Gasteiger partial charge >= 0.3 is 5.97 Å². The van der Waals surface area contributed by atoms with Crippen LogP contribution < -0.4 is 0 Å². The number of aromatic carboxylic acids is 1. The van der Waals surface area contributed by atoms with Crippen molar-refractivity contribution < 1.29 is 9.90 Å². The zero-order valence-electron chi connectivity index (χ0n) is 6.95. The molecule has 1 fully saturated rings. The number of carboxylic acid groups (broad SMARTS) is 1. The third-order valence-electron chi connectivity index (χ3n) is 2.54. The molecule has 1 aliphatic rings. The molecule has 12 heavy (non-hydrogen) atoms. The van der Waals surface area contributed by atoms with Gasteiger partial charge in [-0.1, -0.05) is 0 Å². The maximum absolute atomic E-state index is 10.5. The Morgan fingerprint density at radius 2 is 2.33 bits per heavy atom. The summed E-state index contributed by atoms with van der Waals surface area (Å²) in [5.74, 6) is -0.849. The summed E-state index contributed by atoms with van der Waals surface area (Å²) in [5.41, 5.74) is 0.580. The van der Waals surface area contributed by atoms with E-state index in [4.69, 9.17) is 5.11 Å². The molecule has 0 atom stereocenters. The minimum Gasteiger partial charge on any atom is -0.478 e. The van der Waals surface area contributed by atoms with Crippen LogP contribution in [-0.2, 0) is 5.54 Å². The summed E-state index contributed by atoms with van der Waals surface area (Å²) < 4.78 is 2.00. The van der Waals surface area contributed by atoms with E-state index in [9.17, 15) is 4.79 Å². The van der Waals surface area contributed by atoms with Crippen molar-refractivity contribution in [1.29, 1.82) is 0 Å². The van der Waals surface area contributed by atoms with Gasteiger partial charge < -0.3 is 9.67 Å². The van der Waals surface area contributed by atoms with Gasteiger partial charge in [-0.3, -0.25) is 0 Å². The van der Waals surface area contributed by atoms with E-state index in [0.29, 0.717) is 5.56 Å². The highest BCUT2D eigenvalue weighted by Crippen LogP contribution is 2.42. The second-order valence-corrected chi connectivity index (χ2v) is 3.61. The minimum absolute atomic E-state index is 0.202. The molecule has 1 aromatic rings. The molecule has 3 heteroatoms. The Balaban J connectivity index is 2.30. The molecule has 64 valence electrons. The zero-order chi connectivity index (χ0) is 8.77. The average Bonchev–Trinajstić information content (AvgIpc) is 2.61. The van der Waals surface area contributed by atoms with Gasteiger partial charge in [-0.05, 0) is 25.8 Å². The normalized spacial score (nSPS) is 19.1. The van der Waals surface area contributed by atoms with E-state index >= 15 is 0 Å². The average molecular weight is 165 g/mol. The van der Waals surface area contributed by atoms with Crippen LogP contribution in [0, 0.1) is 0 Å². The standard InChI is InChI=1S/C9H11NO2/c1-9(3-4-9)10-5-2-7(6-10)8(11)12/h2,5-6H,3-4H2,1H3,(H,11,12). The predicted octanol–water partition coefficient (Wildman–Crippen LogP) is 1.70. The van der Waals surface area contributed by atoms with Gasteiger partial charge in [0.25, 0.3) is 0 Å². The van der Waals surface area contributed by atoms with Crippen molar-refractivity contribution >= 4 is 5.97 Å². The molecule has 0 aliphatic heterocycles. The summed E-state index contributed by atoms with van der Waals surface area (Å²) in [5, 5.41) is 8.67. The molecule has 0 unspecified atom stereocenters. The molecular weight excluding hydrogens is 154 g/mol. The van der Waals surface area contributed by atoms with Crippen LogP contribution in [0.25, 0.3) is 0 Å². The lowest BCUT2D eigenvalue weighted by Gasteiger charge is -2.09. The van der Waals surface area contributed by atoms with E-state index in [1.54, 1.807) is 12.3 Å². The molecule has 1 aliphatic carbocycles. The summed E-state index contributed by atoms with van der Waals surface area (Å²) in [6.07, 6.45) is 5.85. The van der Waals surface area contributed by atoms with Crippen molar-refractivity contribution in [1.82, 2.24) is 4.57 Å². The number of hydrogen-bond acceptors (Lipinski definition) is 1. The number of rotatable bonds is 2. The Kier molecular flexibility index (Phi) is 1.31. The molecule has 2 rings (SSSR count). The lowest BCUT2D eigenvalue weighted by atomic mass is 10.3.